The first kappa shape index (κ1) is 12.5. The van der Waals surface area contributed by atoms with E-state index in [-0.39, 0.29) is 5.88 Å². The van der Waals surface area contributed by atoms with Crippen molar-refractivity contribution >= 4 is 33.6 Å². The van der Waals surface area contributed by atoms with Gasteiger partial charge in [-0.1, -0.05) is 18.2 Å². The van der Waals surface area contributed by atoms with E-state index in [1.165, 1.54) is 6.33 Å². The van der Waals surface area contributed by atoms with E-state index in [0.29, 0.717) is 22.7 Å². The molecule has 0 saturated carbocycles. The molecule has 22 heavy (non-hydrogen) atoms. The number of aryl methyl sites for hydroxylation is 1. The molecule has 1 aromatic carbocycles. The molecule has 8 nitrogen and oxygen atoms in total. The van der Waals surface area contributed by atoms with Gasteiger partial charge in [0.15, 0.2) is 11.3 Å². The summed E-state index contributed by atoms with van der Waals surface area (Å²) < 4.78 is 0. The first-order chi connectivity index (χ1) is 10.7. The van der Waals surface area contributed by atoms with Crippen LogP contribution in [0.3, 0.4) is 0 Å². The van der Waals surface area contributed by atoms with Crippen LogP contribution in [0.15, 0.2) is 40.8 Å². The highest BCUT2D eigenvalue weighted by Crippen LogP contribution is 2.36. The number of imidazole rings is 1. The van der Waals surface area contributed by atoms with Crippen molar-refractivity contribution in [3.8, 4) is 5.88 Å². The second kappa shape index (κ2) is 4.62. The molecule has 0 spiro atoms. The van der Waals surface area contributed by atoms with Crippen molar-refractivity contribution in [2.75, 3.05) is 0 Å². The second-order valence-electron chi connectivity index (χ2n) is 4.79. The van der Waals surface area contributed by atoms with Gasteiger partial charge in [-0.05, 0) is 13.0 Å². The fourth-order valence-electron chi connectivity index (χ4n) is 2.32. The molecule has 0 radical (unpaired) electrons. The lowest BCUT2D eigenvalue weighted by Crippen LogP contribution is -1.80. The number of hydrogen-bond donors (Lipinski definition) is 3. The van der Waals surface area contributed by atoms with E-state index >= 15 is 0 Å². The van der Waals surface area contributed by atoms with E-state index in [4.69, 9.17) is 0 Å². The Balaban J connectivity index is 1.84. The maximum absolute atomic E-state index is 9.97. The SMILES string of the molecule is Cc1nc2ncnc(N=Nc3c(O)[nH]c4ccccc34)c2[nH]1. The third kappa shape index (κ3) is 1.89. The lowest BCUT2D eigenvalue weighted by Gasteiger charge is -1.93. The van der Waals surface area contributed by atoms with Crippen LogP contribution in [-0.2, 0) is 0 Å². The smallest absolute Gasteiger partial charge is 0.218 e. The zero-order valence-corrected chi connectivity index (χ0v) is 11.6. The second-order valence-corrected chi connectivity index (χ2v) is 4.79. The Morgan fingerprint density at radius 1 is 1.09 bits per heavy atom. The average Bonchev–Trinajstić information content (AvgIpc) is 3.04. The van der Waals surface area contributed by atoms with Crippen molar-refractivity contribution in [1.82, 2.24) is 24.9 Å². The van der Waals surface area contributed by atoms with Crippen molar-refractivity contribution in [3.05, 3.63) is 36.4 Å². The van der Waals surface area contributed by atoms with Crippen molar-refractivity contribution < 1.29 is 5.11 Å². The van der Waals surface area contributed by atoms with Crippen LogP contribution < -0.4 is 0 Å². The van der Waals surface area contributed by atoms with Crippen LogP contribution in [0, 0.1) is 6.92 Å². The van der Waals surface area contributed by atoms with Crippen LogP contribution in [0.2, 0.25) is 0 Å². The Morgan fingerprint density at radius 2 is 1.95 bits per heavy atom. The number of hydrogen-bond acceptors (Lipinski definition) is 6. The standard InChI is InChI=1S/C14H11N7O/c1-7-17-11-12(18-7)15-6-16-13(11)21-20-10-8-4-2-3-5-9(8)19-14(10)22/h2-6,19,22H,1H3,(H,15,16,17,18). The summed E-state index contributed by atoms with van der Waals surface area (Å²) in [5.41, 5.74) is 2.31. The number of nitrogens with zero attached hydrogens (tertiary/aromatic N) is 5. The monoisotopic (exact) mass is 293 g/mol. The molecule has 0 fully saturated rings. The first-order valence-corrected chi connectivity index (χ1v) is 6.61. The molecule has 4 rings (SSSR count). The van der Waals surface area contributed by atoms with Crippen LogP contribution in [-0.4, -0.2) is 30.0 Å². The van der Waals surface area contributed by atoms with Crippen molar-refractivity contribution in [3.63, 3.8) is 0 Å². The molecule has 0 bridgehead atoms. The fourth-order valence-corrected chi connectivity index (χ4v) is 2.32. The summed E-state index contributed by atoms with van der Waals surface area (Å²) >= 11 is 0. The Hall–Kier alpha value is -3.29. The van der Waals surface area contributed by atoms with E-state index in [1.54, 1.807) is 0 Å². The number of benzene rings is 1. The third-order valence-corrected chi connectivity index (χ3v) is 3.29. The van der Waals surface area contributed by atoms with Gasteiger partial charge in [-0.15, -0.1) is 10.2 Å². The van der Waals surface area contributed by atoms with Crippen LogP contribution in [0.1, 0.15) is 5.82 Å². The Kier molecular flexibility index (Phi) is 2.62. The quantitative estimate of drug-likeness (QED) is 0.492. The summed E-state index contributed by atoms with van der Waals surface area (Å²) in [5, 5.41) is 19.0. The molecule has 0 aliphatic heterocycles. The van der Waals surface area contributed by atoms with Gasteiger partial charge in [0, 0.05) is 5.39 Å². The topological polar surface area (TPSA) is 115 Å². The molecule has 0 atom stereocenters. The fraction of sp³-hybridized carbons (Fsp3) is 0.0714. The van der Waals surface area contributed by atoms with Gasteiger partial charge >= 0.3 is 0 Å². The van der Waals surface area contributed by atoms with E-state index in [9.17, 15) is 5.11 Å². The zero-order chi connectivity index (χ0) is 15.1. The summed E-state index contributed by atoms with van der Waals surface area (Å²) in [4.78, 5) is 18.3. The highest BCUT2D eigenvalue weighted by molar-refractivity contribution is 5.94. The number of H-pyrrole nitrogens is 2. The first-order valence-electron chi connectivity index (χ1n) is 6.61. The van der Waals surface area contributed by atoms with Gasteiger partial charge in [-0.2, -0.15) is 0 Å². The normalized spacial score (nSPS) is 11.9. The molecule has 3 N–H and O–H groups in total. The summed E-state index contributed by atoms with van der Waals surface area (Å²) in [5.74, 6) is 1.06. The third-order valence-electron chi connectivity index (χ3n) is 3.29. The lowest BCUT2D eigenvalue weighted by molar-refractivity contribution is 0.459. The molecule has 3 aromatic heterocycles. The Morgan fingerprint density at radius 3 is 2.86 bits per heavy atom. The van der Waals surface area contributed by atoms with Gasteiger partial charge < -0.3 is 15.1 Å². The number of para-hydroxylation sites is 1. The summed E-state index contributed by atoms with van der Waals surface area (Å²) in [7, 11) is 0. The molecule has 0 amide bonds. The average molecular weight is 293 g/mol. The number of aromatic hydroxyl groups is 1. The Labute approximate surface area is 124 Å². The minimum absolute atomic E-state index is 0.0314. The van der Waals surface area contributed by atoms with Crippen molar-refractivity contribution in [2.24, 2.45) is 10.2 Å². The number of azo groups is 1. The van der Waals surface area contributed by atoms with Crippen LogP contribution >= 0.6 is 0 Å². The molecule has 0 aliphatic rings. The van der Waals surface area contributed by atoms with Gasteiger partial charge in [0.2, 0.25) is 11.7 Å². The molecular weight excluding hydrogens is 282 g/mol. The van der Waals surface area contributed by atoms with Crippen LogP contribution in [0.4, 0.5) is 11.5 Å². The molecule has 4 aromatic rings. The number of fused-ring (bicyclic) bond motifs is 2. The summed E-state index contributed by atoms with van der Waals surface area (Å²) in [6.07, 6.45) is 1.38. The maximum Gasteiger partial charge on any atom is 0.218 e. The summed E-state index contributed by atoms with van der Waals surface area (Å²) in [6, 6.07) is 7.46. The largest absolute Gasteiger partial charge is 0.493 e. The predicted octanol–water partition coefficient (Wildman–Crippen LogP) is 3.26. The molecule has 0 saturated heterocycles. The van der Waals surface area contributed by atoms with Crippen molar-refractivity contribution in [2.45, 2.75) is 6.92 Å². The number of aromatic amines is 2. The highest BCUT2D eigenvalue weighted by atomic mass is 16.3. The van der Waals surface area contributed by atoms with Gasteiger partial charge in [0.1, 0.15) is 17.7 Å². The minimum atomic E-state index is -0.0314. The van der Waals surface area contributed by atoms with Gasteiger partial charge in [-0.25, -0.2) is 15.0 Å². The number of nitrogens with one attached hydrogen (secondary N) is 2. The van der Waals surface area contributed by atoms with E-state index < -0.39 is 0 Å². The van der Waals surface area contributed by atoms with Gasteiger partial charge in [0.05, 0.1) is 5.52 Å². The number of aromatic nitrogens is 5. The van der Waals surface area contributed by atoms with E-state index in [1.807, 2.05) is 31.2 Å². The lowest BCUT2D eigenvalue weighted by atomic mass is 10.2. The van der Waals surface area contributed by atoms with Crippen LogP contribution in [0.5, 0.6) is 5.88 Å². The van der Waals surface area contributed by atoms with Gasteiger partial charge in [0.25, 0.3) is 0 Å². The van der Waals surface area contributed by atoms with E-state index in [0.717, 1.165) is 16.7 Å². The summed E-state index contributed by atoms with van der Waals surface area (Å²) in [6.45, 7) is 1.83. The van der Waals surface area contributed by atoms with Crippen molar-refractivity contribution in [1.29, 1.82) is 0 Å². The zero-order valence-electron chi connectivity index (χ0n) is 11.6. The van der Waals surface area contributed by atoms with Gasteiger partial charge in [-0.3, -0.25) is 0 Å². The minimum Gasteiger partial charge on any atom is -0.493 e. The highest BCUT2D eigenvalue weighted by Gasteiger charge is 2.11. The molecule has 0 unspecified atom stereocenters. The number of rotatable bonds is 2. The van der Waals surface area contributed by atoms with E-state index in [2.05, 4.69) is 35.1 Å². The molecule has 0 aliphatic carbocycles. The molecular formula is C14H11N7O. The molecule has 8 heteroatoms. The maximum atomic E-state index is 9.97. The van der Waals surface area contributed by atoms with Crippen LogP contribution in [0.25, 0.3) is 22.1 Å². The molecule has 108 valence electrons. The predicted molar refractivity (Wildman–Crippen MR) is 80.6 cm³/mol. The molecule has 3 heterocycles. The Bertz CT molecular complexity index is 1010.